The molecular weight excluding hydrogens is 1350 g/mol. The standard InChI is InChI=1S/C70H104O32/c1-29-54(99-58-49(82)45(78)39(27-92-58)97-60-50(83)46(79)43(76)37(25-71)95-60)48(81)52(85)59(93-29)100-56-53(86)55(98-42(75)15-11-31-10-13-35(90-8)36(22-31)91-9)30(2)94-62(56)102-64(89)69-19-18-65(3,4)23-33(69)32-12-14-40-66(5)24-34(74)57(101-61-51(84)47(80)44(77)38(26-72)96-61)68(7,63(87)88)41(66)16-17-67(40,6)70(32,28-73)21-20-69/h10-13,15,22,29-30,33-34,37-41,43-62,71-74,76-86H,14,16-21,23-28H2,1-9H3,(H,87,88)/b15-11-/t29-,30+,33-,34?,37+,38+,39+,40+,41+,43-,44+,45-,46-,47-,48-,49+,50+,51+,52+,53-,54-,55-,56+,57-,58-,59-,60-,61-,62-,66+,67+,68-,69-,70-/m0/s1. The van der Waals surface area contributed by atoms with E-state index in [2.05, 4.69) is 26.8 Å². The van der Waals surface area contributed by atoms with E-state index in [9.17, 15) is 91.3 Å². The molecule has 5 heterocycles. The summed E-state index contributed by atoms with van der Waals surface area (Å²) in [6.45, 7) is 10.1. The molecule has 102 heavy (non-hydrogen) atoms. The van der Waals surface area contributed by atoms with E-state index in [1.54, 1.807) is 18.2 Å². The second-order valence-corrected chi connectivity index (χ2v) is 31.3. The molecule has 5 saturated heterocycles. The molecule has 10 aliphatic rings. The van der Waals surface area contributed by atoms with Crippen LogP contribution in [0.3, 0.4) is 0 Å². The van der Waals surface area contributed by atoms with Crippen molar-refractivity contribution in [2.24, 2.45) is 50.2 Å². The van der Waals surface area contributed by atoms with Crippen LogP contribution < -0.4 is 9.47 Å². The number of carbonyl (C=O) groups excluding carboxylic acids is 2. The molecule has 576 valence electrons. The van der Waals surface area contributed by atoms with Gasteiger partial charge in [0.1, 0.15) is 97.7 Å². The molecule has 0 amide bonds. The van der Waals surface area contributed by atoms with E-state index in [0.29, 0.717) is 42.7 Å². The number of carboxylic acid groups (broad SMARTS) is 1. The minimum absolute atomic E-state index is 0.00308. The van der Waals surface area contributed by atoms with Crippen LogP contribution in [0.4, 0.5) is 0 Å². The zero-order valence-corrected chi connectivity index (χ0v) is 58.6. The number of hydrogen-bond donors (Lipinski definition) is 16. The van der Waals surface area contributed by atoms with Crippen molar-refractivity contribution in [3.63, 3.8) is 0 Å². The van der Waals surface area contributed by atoms with Crippen LogP contribution in [0.25, 0.3) is 6.08 Å². The summed E-state index contributed by atoms with van der Waals surface area (Å²) in [5, 5.41) is 178. The number of aliphatic carboxylic acids is 1. The van der Waals surface area contributed by atoms with Gasteiger partial charge in [0.05, 0.1) is 69.8 Å². The molecule has 1 aromatic rings. The molecule has 9 fully saturated rings. The molecule has 1 aromatic carbocycles. The largest absolute Gasteiger partial charge is 0.493 e. The number of ether oxygens (including phenoxy) is 13. The number of aliphatic hydroxyl groups is 15. The zero-order chi connectivity index (χ0) is 74.4. The first-order valence-corrected chi connectivity index (χ1v) is 35.2. The molecule has 0 aromatic heterocycles. The van der Waals surface area contributed by atoms with Gasteiger partial charge in [0.15, 0.2) is 48.9 Å². The Hall–Kier alpha value is -4.25. The molecule has 32 heteroatoms. The zero-order valence-electron chi connectivity index (χ0n) is 58.6. The number of aliphatic hydroxyl groups excluding tert-OH is 15. The summed E-state index contributed by atoms with van der Waals surface area (Å²) in [5.74, 6) is -3.91. The smallest absolute Gasteiger partial charge is 0.331 e. The van der Waals surface area contributed by atoms with Crippen molar-refractivity contribution in [2.45, 2.75) is 266 Å². The van der Waals surface area contributed by atoms with Crippen molar-refractivity contribution in [1.29, 1.82) is 0 Å². The van der Waals surface area contributed by atoms with Gasteiger partial charge in [-0.25, -0.2) is 4.79 Å². The van der Waals surface area contributed by atoms with Gasteiger partial charge in [-0.05, 0) is 136 Å². The topological polar surface area (TPSA) is 495 Å². The normalized spacial score (nSPS) is 48.6. The average molecular weight is 1460 g/mol. The Balaban J connectivity index is 0.850. The number of rotatable bonds is 19. The van der Waals surface area contributed by atoms with E-state index >= 15 is 4.79 Å². The second-order valence-electron chi connectivity index (χ2n) is 31.3. The van der Waals surface area contributed by atoms with Crippen molar-refractivity contribution in [3.8, 4) is 11.5 Å². The first-order chi connectivity index (χ1) is 48.0. The lowest BCUT2D eigenvalue weighted by molar-refractivity contribution is -0.378. The lowest BCUT2D eigenvalue weighted by Crippen LogP contribution is -2.71. The summed E-state index contributed by atoms with van der Waals surface area (Å²) in [4.78, 5) is 43.6. The third-order valence-electron chi connectivity index (χ3n) is 25.2. The number of fused-ring (bicyclic) bond motifs is 7. The van der Waals surface area contributed by atoms with Crippen LogP contribution in [0.1, 0.15) is 112 Å². The summed E-state index contributed by atoms with van der Waals surface area (Å²) >= 11 is 0. The summed E-state index contributed by atoms with van der Waals surface area (Å²) < 4.78 is 76.7. The maximum atomic E-state index is 15.9. The van der Waals surface area contributed by atoms with Crippen LogP contribution in [-0.4, -0.2) is 300 Å². The van der Waals surface area contributed by atoms with Crippen molar-refractivity contribution in [3.05, 3.63) is 41.5 Å². The highest BCUT2D eigenvalue weighted by Crippen LogP contribution is 2.76. The molecule has 34 atom stereocenters. The molecule has 5 aliphatic carbocycles. The quantitative estimate of drug-likeness (QED) is 0.0302. The Morgan fingerprint density at radius 1 is 0.578 bits per heavy atom. The lowest BCUT2D eigenvalue weighted by atomic mass is 9.33. The fraction of sp³-hybridized carbons (Fsp3) is 0.814. The number of allylic oxidation sites excluding steroid dienone is 1. The van der Waals surface area contributed by atoms with Crippen molar-refractivity contribution < 1.29 is 158 Å². The molecule has 16 N–H and O–H groups in total. The van der Waals surface area contributed by atoms with Crippen LogP contribution in [0.5, 0.6) is 11.5 Å². The molecular formula is C70H104O32. The fourth-order valence-corrected chi connectivity index (χ4v) is 19.3. The van der Waals surface area contributed by atoms with Gasteiger partial charge in [0.25, 0.3) is 0 Å². The van der Waals surface area contributed by atoms with Gasteiger partial charge in [-0.2, -0.15) is 0 Å². The summed E-state index contributed by atoms with van der Waals surface area (Å²) in [7, 11) is 2.90. The highest BCUT2D eigenvalue weighted by Gasteiger charge is 2.74. The monoisotopic (exact) mass is 1460 g/mol. The fourth-order valence-electron chi connectivity index (χ4n) is 19.3. The van der Waals surface area contributed by atoms with Gasteiger partial charge in [0.2, 0.25) is 6.29 Å². The van der Waals surface area contributed by atoms with Crippen molar-refractivity contribution >= 4 is 24.0 Å². The summed E-state index contributed by atoms with van der Waals surface area (Å²) in [5.41, 5.74) is -5.03. The van der Waals surface area contributed by atoms with Crippen LogP contribution in [-0.2, 0) is 66.5 Å². The number of benzene rings is 1. The maximum Gasteiger partial charge on any atom is 0.331 e. The average Bonchev–Trinajstić information content (AvgIpc) is 0.669. The molecule has 32 nitrogen and oxygen atoms in total. The third-order valence-corrected chi connectivity index (χ3v) is 25.2. The Bertz CT molecular complexity index is 3190. The van der Waals surface area contributed by atoms with Gasteiger partial charge in [0, 0.05) is 11.5 Å². The van der Waals surface area contributed by atoms with Gasteiger partial charge < -0.3 is 143 Å². The van der Waals surface area contributed by atoms with Crippen molar-refractivity contribution in [2.75, 3.05) is 40.6 Å². The van der Waals surface area contributed by atoms with Crippen LogP contribution in [0, 0.1) is 50.2 Å². The first-order valence-electron chi connectivity index (χ1n) is 35.2. The number of carbonyl (C=O) groups is 3. The Morgan fingerprint density at radius 3 is 1.77 bits per heavy atom. The van der Waals surface area contributed by atoms with E-state index in [1.807, 2.05) is 6.92 Å². The summed E-state index contributed by atoms with van der Waals surface area (Å²) in [6, 6.07) is 4.88. The molecule has 0 bridgehead atoms. The number of hydrogen-bond acceptors (Lipinski definition) is 31. The Morgan fingerprint density at radius 2 is 1.16 bits per heavy atom. The van der Waals surface area contributed by atoms with E-state index in [1.165, 1.54) is 41.1 Å². The second kappa shape index (κ2) is 30.1. The van der Waals surface area contributed by atoms with Gasteiger partial charge in [-0.3, -0.25) is 9.59 Å². The molecule has 1 unspecified atom stereocenters. The SMILES string of the molecule is COc1ccc(/C=C\C(=O)O[C@@H]2[C@H](O)[C@@H](O[C@@H]3O[C@@H](C)[C@H](O[C@@H]4OC[C@@H](O[C@@H]5O[C@H](CO)[C@H](O)[C@H](O)[C@H]5O)[C@H](O)[C@H]4O)[C@@H](O)[C@H]3O)[C@H](OC(=O)[C@]34CCC(C)(C)C[C@H]3C3=CC[C@@H]5[C@@]6(C)CC(O)[C@H](O[C@@H]7O[C@H](CO)[C@@H](O)[C@H](O)[C@H]7O)[C@@](C)(C(=O)O)[C@@H]6CC[C@@]5(C)[C@]3(CO)CC4)O[C@@H]2C)cc1OC. The minimum Gasteiger partial charge on any atom is -0.493 e. The van der Waals surface area contributed by atoms with Crippen LogP contribution >= 0.6 is 0 Å². The highest BCUT2D eigenvalue weighted by molar-refractivity contribution is 5.87. The van der Waals surface area contributed by atoms with Gasteiger partial charge in [-0.15, -0.1) is 0 Å². The maximum absolute atomic E-state index is 15.9. The minimum atomic E-state index is -2.08. The van der Waals surface area contributed by atoms with Crippen LogP contribution in [0.15, 0.2) is 35.9 Å². The Labute approximate surface area is 589 Å². The summed E-state index contributed by atoms with van der Waals surface area (Å²) in [6.07, 6.45) is -37.1. The lowest BCUT2D eigenvalue weighted by Gasteiger charge is -2.71. The first kappa shape index (κ1) is 78.8. The van der Waals surface area contributed by atoms with Crippen LogP contribution in [0.2, 0.25) is 0 Å². The number of carboxylic acids is 1. The number of esters is 2. The Kier molecular flexibility index (Phi) is 23.2. The van der Waals surface area contributed by atoms with E-state index in [4.69, 9.17) is 61.6 Å². The molecule has 4 saturated carbocycles. The number of methoxy groups -OCH3 is 2. The van der Waals surface area contributed by atoms with Gasteiger partial charge in [-0.1, -0.05) is 45.4 Å². The third kappa shape index (κ3) is 13.6. The molecule has 5 aliphatic heterocycles. The molecule has 0 spiro atoms. The van der Waals surface area contributed by atoms with Gasteiger partial charge >= 0.3 is 17.9 Å². The van der Waals surface area contributed by atoms with E-state index in [-0.39, 0.29) is 50.0 Å². The van der Waals surface area contributed by atoms with E-state index in [0.717, 1.165) is 11.6 Å². The molecule has 0 radical (unpaired) electrons. The predicted molar refractivity (Wildman–Crippen MR) is 344 cm³/mol. The predicted octanol–water partition coefficient (Wildman–Crippen LogP) is -2.23. The van der Waals surface area contributed by atoms with Crippen molar-refractivity contribution in [1.82, 2.24) is 0 Å². The van der Waals surface area contributed by atoms with E-state index < -0.39 is 236 Å². The molecule has 11 rings (SSSR count). The highest BCUT2D eigenvalue weighted by atomic mass is 16.8.